The summed E-state index contributed by atoms with van der Waals surface area (Å²) in [6, 6.07) is 16.8. The zero-order valence-corrected chi connectivity index (χ0v) is 17.0. The summed E-state index contributed by atoms with van der Waals surface area (Å²) in [6.45, 7) is 0.349. The van der Waals surface area contributed by atoms with Crippen molar-refractivity contribution in [2.24, 2.45) is 0 Å². The molecule has 2 aromatic heterocycles. The van der Waals surface area contributed by atoms with Crippen LogP contribution in [0.4, 0.5) is 4.39 Å². The van der Waals surface area contributed by atoms with E-state index in [9.17, 15) is 19.1 Å². The molecule has 7 nitrogen and oxygen atoms in total. The van der Waals surface area contributed by atoms with E-state index in [2.05, 4.69) is 15.3 Å². The maximum Gasteiger partial charge on any atom is 0.265 e. The van der Waals surface area contributed by atoms with E-state index in [4.69, 9.17) is 4.74 Å². The number of hydrogen-bond donors (Lipinski definition) is 3. The van der Waals surface area contributed by atoms with Crippen molar-refractivity contribution in [2.45, 2.75) is 6.42 Å². The Bertz CT molecular complexity index is 1300. The number of para-hydroxylation sites is 1. The third-order valence-corrected chi connectivity index (χ3v) is 4.83. The molecule has 0 unspecified atom stereocenters. The molecular weight excluding hydrogens is 413 g/mol. The minimum absolute atomic E-state index is 0.109. The van der Waals surface area contributed by atoms with Gasteiger partial charge in [0, 0.05) is 6.20 Å². The van der Waals surface area contributed by atoms with Crippen LogP contribution in [0.1, 0.15) is 21.5 Å². The van der Waals surface area contributed by atoms with Gasteiger partial charge in [0.1, 0.15) is 29.3 Å². The van der Waals surface area contributed by atoms with Gasteiger partial charge in [0.15, 0.2) is 5.75 Å². The van der Waals surface area contributed by atoms with Gasteiger partial charge < -0.3 is 20.1 Å². The maximum absolute atomic E-state index is 13.1. The molecule has 0 aliphatic heterocycles. The molecule has 2 heterocycles. The van der Waals surface area contributed by atoms with Crippen LogP contribution in [0.3, 0.4) is 0 Å². The molecule has 0 aliphatic carbocycles. The van der Waals surface area contributed by atoms with Crippen LogP contribution < -0.4 is 15.6 Å². The lowest BCUT2D eigenvalue weighted by Crippen LogP contribution is -2.32. The fraction of sp³-hybridized carbons (Fsp3) is 0.125. The number of pyridine rings is 2. The van der Waals surface area contributed by atoms with Crippen molar-refractivity contribution in [2.75, 3.05) is 13.2 Å². The Morgan fingerprint density at radius 1 is 1.09 bits per heavy atom. The molecule has 0 saturated carbocycles. The third-order valence-electron chi connectivity index (χ3n) is 4.83. The zero-order valence-electron chi connectivity index (χ0n) is 17.0. The van der Waals surface area contributed by atoms with E-state index in [0.717, 1.165) is 11.1 Å². The lowest BCUT2D eigenvalue weighted by Gasteiger charge is -2.10. The fourth-order valence-electron chi connectivity index (χ4n) is 3.29. The summed E-state index contributed by atoms with van der Waals surface area (Å²) in [4.78, 5) is 31.8. The van der Waals surface area contributed by atoms with E-state index >= 15 is 0 Å². The minimum Gasteiger partial charge on any atom is -0.505 e. The van der Waals surface area contributed by atoms with Crippen LogP contribution in [0, 0.1) is 5.82 Å². The van der Waals surface area contributed by atoms with Gasteiger partial charge in [0.2, 0.25) is 0 Å². The monoisotopic (exact) mass is 433 g/mol. The second-order valence-corrected chi connectivity index (χ2v) is 7.14. The van der Waals surface area contributed by atoms with Crippen LogP contribution in [0.2, 0.25) is 0 Å². The first-order valence-electron chi connectivity index (χ1n) is 9.95. The van der Waals surface area contributed by atoms with Crippen LogP contribution in [0.5, 0.6) is 11.5 Å². The summed E-state index contributed by atoms with van der Waals surface area (Å²) in [5.74, 6) is -0.871. The number of aromatic hydroxyl groups is 1. The first-order valence-corrected chi connectivity index (χ1v) is 9.95. The summed E-state index contributed by atoms with van der Waals surface area (Å²) in [6.07, 6.45) is 2.01. The largest absolute Gasteiger partial charge is 0.505 e. The predicted molar refractivity (Wildman–Crippen MR) is 118 cm³/mol. The van der Waals surface area contributed by atoms with Crippen molar-refractivity contribution in [1.82, 2.24) is 15.3 Å². The van der Waals surface area contributed by atoms with Gasteiger partial charge in [-0.2, -0.15) is 0 Å². The summed E-state index contributed by atoms with van der Waals surface area (Å²) < 4.78 is 18.6. The Morgan fingerprint density at radius 2 is 1.84 bits per heavy atom. The Hall–Kier alpha value is -4.20. The molecule has 0 saturated heterocycles. The minimum atomic E-state index is -0.725. The normalized spacial score (nSPS) is 10.8. The van der Waals surface area contributed by atoms with Crippen LogP contribution >= 0.6 is 0 Å². The number of nitrogens with one attached hydrogen (secondary N) is 2. The van der Waals surface area contributed by atoms with E-state index in [1.165, 1.54) is 12.1 Å². The SMILES string of the molecule is O=C(NCCOc1ccccc1)c1c(O)c2ncc(Cc3ccc(F)cc3)cc2[nH]c1=O. The van der Waals surface area contributed by atoms with Crippen LogP contribution in [-0.2, 0) is 6.42 Å². The zero-order chi connectivity index (χ0) is 22.5. The number of H-pyrrole nitrogens is 1. The number of aromatic amines is 1. The number of benzene rings is 2. The summed E-state index contributed by atoms with van der Waals surface area (Å²) in [7, 11) is 0. The number of nitrogens with zero attached hydrogens (tertiary/aromatic N) is 1. The molecule has 1 amide bonds. The number of amides is 1. The van der Waals surface area contributed by atoms with Gasteiger partial charge in [0.05, 0.1) is 12.1 Å². The molecule has 0 radical (unpaired) electrons. The quantitative estimate of drug-likeness (QED) is 0.389. The molecule has 32 heavy (non-hydrogen) atoms. The number of aromatic nitrogens is 2. The van der Waals surface area contributed by atoms with Crippen molar-refractivity contribution in [3.63, 3.8) is 0 Å². The average molecular weight is 433 g/mol. The van der Waals surface area contributed by atoms with Gasteiger partial charge in [-0.1, -0.05) is 30.3 Å². The summed E-state index contributed by atoms with van der Waals surface area (Å²) in [5, 5.41) is 13.1. The number of halogens is 1. The highest BCUT2D eigenvalue weighted by Crippen LogP contribution is 2.24. The van der Waals surface area contributed by atoms with Crippen molar-refractivity contribution in [3.8, 4) is 11.5 Å². The topological polar surface area (TPSA) is 104 Å². The molecular formula is C24H20FN3O4. The Kier molecular flexibility index (Phi) is 6.12. The van der Waals surface area contributed by atoms with E-state index in [0.29, 0.717) is 17.7 Å². The number of carbonyl (C=O) groups excluding carboxylic acids is 1. The highest BCUT2D eigenvalue weighted by Gasteiger charge is 2.20. The van der Waals surface area contributed by atoms with Crippen LogP contribution in [0.25, 0.3) is 11.0 Å². The van der Waals surface area contributed by atoms with E-state index in [1.54, 1.807) is 36.5 Å². The van der Waals surface area contributed by atoms with Gasteiger partial charge in [-0.25, -0.2) is 4.39 Å². The van der Waals surface area contributed by atoms with Crippen molar-refractivity contribution < 1.29 is 19.0 Å². The molecule has 0 aliphatic rings. The lowest BCUT2D eigenvalue weighted by molar-refractivity contribution is 0.0943. The second kappa shape index (κ2) is 9.30. The fourth-order valence-corrected chi connectivity index (χ4v) is 3.29. The molecule has 0 spiro atoms. The molecule has 0 atom stereocenters. The van der Waals surface area contributed by atoms with Crippen molar-refractivity contribution >= 4 is 16.9 Å². The molecule has 8 heteroatoms. The first kappa shape index (κ1) is 21.0. The Morgan fingerprint density at radius 3 is 2.59 bits per heavy atom. The van der Waals surface area contributed by atoms with Gasteiger partial charge in [-0.15, -0.1) is 0 Å². The summed E-state index contributed by atoms with van der Waals surface area (Å²) >= 11 is 0. The van der Waals surface area contributed by atoms with Gasteiger partial charge >= 0.3 is 0 Å². The molecule has 2 aromatic carbocycles. The number of ether oxygens (including phenoxy) is 1. The highest BCUT2D eigenvalue weighted by molar-refractivity contribution is 6.01. The average Bonchev–Trinajstić information content (AvgIpc) is 2.79. The Labute approximate surface area is 182 Å². The number of hydrogen-bond acceptors (Lipinski definition) is 5. The van der Waals surface area contributed by atoms with Gasteiger partial charge in [0.25, 0.3) is 11.5 Å². The third kappa shape index (κ3) is 4.75. The molecule has 0 bridgehead atoms. The number of fused-ring (bicyclic) bond motifs is 1. The number of carbonyl (C=O) groups is 1. The van der Waals surface area contributed by atoms with E-state index in [1.807, 2.05) is 18.2 Å². The first-order chi connectivity index (χ1) is 15.5. The predicted octanol–water partition coefficient (Wildman–Crippen LogP) is 3.17. The van der Waals surface area contributed by atoms with Crippen LogP contribution in [-0.4, -0.2) is 34.1 Å². The molecule has 3 N–H and O–H groups in total. The molecule has 4 aromatic rings. The second-order valence-electron chi connectivity index (χ2n) is 7.14. The van der Waals surface area contributed by atoms with Crippen molar-refractivity contribution in [1.29, 1.82) is 0 Å². The maximum atomic E-state index is 13.1. The summed E-state index contributed by atoms with van der Waals surface area (Å²) in [5.41, 5.74) is 0.907. The lowest BCUT2D eigenvalue weighted by atomic mass is 10.1. The smallest absolute Gasteiger partial charge is 0.265 e. The molecule has 162 valence electrons. The van der Waals surface area contributed by atoms with Gasteiger partial charge in [-0.3, -0.25) is 14.6 Å². The Balaban J connectivity index is 1.48. The van der Waals surface area contributed by atoms with E-state index in [-0.39, 0.29) is 24.5 Å². The standard InChI is InChI=1S/C24H20FN3O4/c25-17-8-6-15(7-9-17)12-16-13-19-21(27-14-16)22(29)20(24(31)28-19)23(30)26-10-11-32-18-4-2-1-3-5-18/h1-9,13-14H,10-12H2,(H,26,30)(H2,28,29,31). The molecule has 0 fully saturated rings. The van der Waals surface area contributed by atoms with Crippen molar-refractivity contribution in [3.05, 3.63) is 99.7 Å². The molecule has 4 rings (SSSR count). The van der Waals surface area contributed by atoms with E-state index < -0.39 is 22.8 Å². The van der Waals surface area contributed by atoms with Crippen LogP contribution in [0.15, 0.2) is 71.7 Å². The number of rotatable bonds is 7. The van der Waals surface area contributed by atoms with Gasteiger partial charge in [-0.05, 0) is 47.9 Å². The highest BCUT2D eigenvalue weighted by atomic mass is 19.1.